The van der Waals surface area contributed by atoms with Crippen molar-refractivity contribution in [2.75, 3.05) is 6.54 Å². The zero-order valence-corrected chi connectivity index (χ0v) is 8.53. The Morgan fingerprint density at radius 3 is 2.36 bits per heavy atom. The van der Waals surface area contributed by atoms with E-state index in [0.29, 0.717) is 6.54 Å². The van der Waals surface area contributed by atoms with E-state index in [0.717, 1.165) is 18.4 Å². The van der Waals surface area contributed by atoms with Crippen LogP contribution in [0.15, 0.2) is 24.3 Å². The number of hydrogen-bond acceptors (Lipinski definition) is 2. The molecule has 76 valence electrons. The van der Waals surface area contributed by atoms with E-state index < -0.39 is 0 Å². The first kappa shape index (κ1) is 9.69. The average molecular weight is 191 g/mol. The van der Waals surface area contributed by atoms with Crippen LogP contribution in [0.2, 0.25) is 0 Å². The van der Waals surface area contributed by atoms with E-state index in [9.17, 15) is 5.11 Å². The molecule has 2 nitrogen and oxygen atoms in total. The highest BCUT2D eigenvalue weighted by atomic mass is 16.3. The number of benzene rings is 1. The second-order valence-electron chi connectivity index (χ2n) is 4.38. The minimum atomic E-state index is -0.381. The minimum absolute atomic E-state index is 0.0186. The third-order valence-electron chi connectivity index (χ3n) is 3.27. The lowest BCUT2D eigenvalue weighted by Crippen LogP contribution is -2.23. The Labute approximate surface area is 84.7 Å². The van der Waals surface area contributed by atoms with Gasteiger partial charge in [-0.2, -0.15) is 0 Å². The second-order valence-corrected chi connectivity index (χ2v) is 4.38. The van der Waals surface area contributed by atoms with Gasteiger partial charge in [-0.15, -0.1) is 0 Å². The van der Waals surface area contributed by atoms with E-state index in [1.807, 2.05) is 31.2 Å². The molecule has 0 radical (unpaired) electrons. The molecule has 0 spiro atoms. The zero-order valence-electron chi connectivity index (χ0n) is 8.53. The Hall–Kier alpha value is -0.860. The van der Waals surface area contributed by atoms with Crippen molar-refractivity contribution < 1.29 is 5.11 Å². The molecule has 1 saturated carbocycles. The van der Waals surface area contributed by atoms with E-state index in [-0.39, 0.29) is 11.5 Å². The largest absolute Gasteiger partial charge is 0.388 e. The molecule has 0 saturated heterocycles. The lowest BCUT2D eigenvalue weighted by atomic mass is 9.92. The van der Waals surface area contributed by atoms with Crippen molar-refractivity contribution in [3.63, 3.8) is 0 Å². The summed E-state index contributed by atoms with van der Waals surface area (Å²) in [5.41, 5.74) is 7.88. The topological polar surface area (TPSA) is 46.2 Å². The second kappa shape index (κ2) is 3.37. The van der Waals surface area contributed by atoms with Crippen molar-refractivity contribution in [2.24, 2.45) is 11.1 Å². The molecule has 1 aromatic carbocycles. The number of rotatable bonds is 3. The molecule has 1 unspecified atom stereocenters. The van der Waals surface area contributed by atoms with Gasteiger partial charge in [0.25, 0.3) is 0 Å². The van der Waals surface area contributed by atoms with Gasteiger partial charge in [-0.1, -0.05) is 29.8 Å². The van der Waals surface area contributed by atoms with Crippen LogP contribution in [0.25, 0.3) is 0 Å². The molecule has 2 heteroatoms. The van der Waals surface area contributed by atoms with E-state index in [4.69, 9.17) is 5.73 Å². The summed E-state index contributed by atoms with van der Waals surface area (Å²) in [5, 5.41) is 10.1. The summed E-state index contributed by atoms with van der Waals surface area (Å²) < 4.78 is 0. The molecular weight excluding hydrogens is 174 g/mol. The Balaban J connectivity index is 2.19. The number of nitrogens with two attached hydrogens (primary N) is 1. The SMILES string of the molecule is Cc1ccc(C(O)C2(CN)CC2)cc1. The fraction of sp³-hybridized carbons (Fsp3) is 0.500. The summed E-state index contributed by atoms with van der Waals surface area (Å²) in [6.45, 7) is 2.63. The van der Waals surface area contributed by atoms with Crippen molar-refractivity contribution in [3.8, 4) is 0 Å². The van der Waals surface area contributed by atoms with Crippen LogP contribution in [0, 0.1) is 12.3 Å². The molecule has 1 aromatic rings. The van der Waals surface area contributed by atoms with Crippen LogP contribution in [0.4, 0.5) is 0 Å². The third-order valence-corrected chi connectivity index (χ3v) is 3.27. The molecule has 0 heterocycles. The summed E-state index contributed by atoms with van der Waals surface area (Å²) in [6, 6.07) is 8.06. The van der Waals surface area contributed by atoms with Crippen LogP contribution in [0.5, 0.6) is 0 Å². The number of hydrogen-bond donors (Lipinski definition) is 2. The standard InChI is InChI=1S/C12H17NO/c1-9-2-4-10(5-3-9)11(14)12(8-13)6-7-12/h2-5,11,14H,6-8,13H2,1H3. The van der Waals surface area contributed by atoms with Gasteiger partial charge in [0.1, 0.15) is 0 Å². The maximum atomic E-state index is 10.1. The molecule has 1 fully saturated rings. The van der Waals surface area contributed by atoms with Crippen LogP contribution < -0.4 is 5.73 Å². The van der Waals surface area contributed by atoms with Crippen molar-refractivity contribution in [2.45, 2.75) is 25.9 Å². The first-order chi connectivity index (χ1) is 6.68. The summed E-state index contributed by atoms with van der Waals surface area (Å²) in [4.78, 5) is 0. The zero-order chi connectivity index (χ0) is 10.2. The van der Waals surface area contributed by atoms with Gasteiger partial charge in [-0.3, -0.25) is 0 Å². The molecule has 3 N–H and O–H groups in total. The van der Waals surface area contributed by atoms with Crippen molar-refractivity contribution in [3.05, 3.63) is 35.4 Å². The fourth-order valence-electron chi connectivity index (χ4n) is 1.85. The van der Waals surface area contributed by atoms with E-state index in [1.54, 1.807) is 0 Å². The number of aliphatic hydroxyl groups is 1. The van der Waals surface area contributed by atoms with Crippen molar-refractivity contribution in [1.82, 2.24) is 0 Å². The molecule has 0 aliphatic heterocycles. The molecule has 14 heavy (non-hydrogen) atoms. The highest BCUT2D eigenvalue weighted by Crippen LogP contribution is 2.53. The van der Waals surface area contributed by atoms with Crippen LogP contribution in [-0.2, 0) is 0 Å². The van der Waals surface area contributed by atoms with Gasteiger partial charge in [-0.05, 0) is 25.3 Å². The van der Waals surface area contributed by atoms with Gasteiger partial charge in [0.15, 0.2) is 0 Å². The van der Waals surface area contributed by atoms with Gasteiger partial charge >= 0.3 is 0 Å². The molecule has 1 atom stereocenters. The maximum Gasteiger partial charge on any atom is 0.0858 e. The Morgan fingerprint density at radius 1 is 1.36 bits per heavy atom. The maximum absolute atomic E-state index is 10.1. The molecule has 2 rings (SSSR count). The Kier molecular flexibility index (Phi) is 2.33. The normalized spacial score (nSPS) is 20.5. The van der Waals surface area contributed by atoms with Gasteiger partial charge < -0.3 is 10.8 Å². The lowest BCUT2D eigenvalue weighted by Gasteiger charge is -2.20. The Bertz CT molecular complexity index is 314. The number of aryl methyl sites for hydroxylation is 1. The summed E-state index contributed by atoms with van der Waals surface area (Å²) in [7, 11) is 0. The molecule has 0 bridgehead atoms. The lowest BCUT2D eigenvalue weighted by molar-refractivity contribution is 0.0975. The smallest absolute Gasteiger partial charge is 0.0858 e. The molecular formula is C12H17NO. The van der Waals surface area contributed by atoms with Gasteiger partial charge in [0.05, 0.1) is 6.10 Å². The minimum Gasteiger partial charge on any atom is -0.388 e. The predicted octanol–water partition coefficient (Wildman–Crippen LogP) is 1.77. The van der Waals surface area contributed by atoms with E-state index >= 15 is 0 Å². The van der Waals surface area contributed by atoms with Gasteiger partial charge in [-0.25, -0.2) is 0 Å². The summed E-state index contributed by atoms with van der Waals surface area (Å²) in [5.74, 6) is 0. The number of aliphatic hydroxyl groups excluding tert-OH is 1. The van der Waals surface area contributed by atoms with Gasteiger partial charge in [0, 0.05) is 12.0 Å². The molecule has 0 amide bonds. The monoisotopic (exact) mass is 191 g/mol. The van der Waals surface area contributed by atoms with Crippen molar-refractivity contribution >= 4 is 0 Å². The van der Waals surface area contributed by atoms with Crippen LogP contribution >= 0.6 is 0 Å². The van der Waals surface area contributed by atoms with Crippen LogP contribution in [-0.4, -0.2) is 11.7 Å². The first-order valence-corrected chi connectivity index (χ1v) is 5.13. The highest BCUT2D eigenvalue weighted by Gasteiger charge is 2.48. The fourth-order valence-corrected chi connectivity index (χ4v) is 1.85. The summed E-state index contributed by atoms with van der Waals surface area (Å²) >= 11 is 0. The average Bonchev–Trinajstić information content (AvgIpc) is 2.99. The van der Waals surface area contributed by atoms with Crippen LogP contribution in [0.3, 0.4) is 0 Å². The molecule has 1 aliphatic carbocycles. The summed E-state index contributed by atoms with van der Waals surface area (Å²) in [6.07, 6.45) is 1.73. The quantitative estimate of drug-likeness (QED) is 0.764. The molecule has 1 aliphatic rings. The highest BCUT2D eigenvalue weighted by molar-refractivity contribution is 5.26. The molecule has 0 aromatic heterocycles. The first-order valence-electron chi connectivity index (χ1n) is 5.13. The van der Waals surface area contributed by atoms with Crippen molar-refractivity contribution in [1.29, 1.82) is 0 Å². The third kappa shape index (κ3) is 1.56. The van der Waals surface area contributed by atoms with Gasteiger partial charge in [0.2, 0.25) is 0 Å². The predicted molar refractivity (Wildman–Crippen MR) is 56.9 cm³/mol. The van der Waals surface area contributed by atoms with Crippen LogP contribution in [0.1, 0.15) is 30.1 Å². The Morgan fingerprint density at radius 2 is 1.93 bits per heavy atom. The van der Waals surface area contributed by atoms with E-state index in [1.165, 1.54) is 5.56 Å². The van der Waals surface area contributed by atoms with E-state index in [2.05, 4.69) is 0 Å².